The van der Waals surface area contributed by atoms with Crippen LogP contribution in [0.2, 0.25) is 0 Å². The summed E-state index contributed by atoms with van der Waals surface area (Å²) in [6.07, 6.45) is 1.59. The lowest BCUT2D eigenvalue weighted by atomic mass is 10.2. The first-order chi connectivity index (χ1) is 9.24. The molecule has 1 aromatic carbocycles. The maximum absolute atomic E-state index is 14.2. The highest BCUT2D eigenvalue weighted by atomic mass is 32.2. The zero-order valence-electron chi connectivity index (χ0n) is 11.2. The van der Waals surface area contributed by atoms with E-state index in [1.54, 1.807) is 0 Å². The highest BCUT2D eigenvalue weighted by Crippen LogP contribution is 2.33. The normalized spacial score (nSPS) is 15.2. The molecule has 0 bridgehead atoms. The molecule has 1 aliphatic carbocycles. The first-order valence-electron chi connectivity index (χ1n) is 6.16. The number of halogens is 2. The summed E-state index contributed by atoms with van der Waals surface area (Å²) in [4.78, 5) is 12.1. The van der Waals surface area contributed by atoms with Crippen molar-refractivity contribution < 1.29 is 22.0 Å². The van der Waals surface area contributed by atoms with E-state index in [1.165, 1.54) is 14.1 Å². The first-order valence-corrected chi connectivity index (χ1v) is 7.81. The summed E-state index contributed by atoms with van der Waals surface area (Å²) < 4.78 is 52.0. The molecule has 1 saturated carbocycles. The SMILES string of the molecule is CN(C)C(=O)c1c(F)ccc(S(=O)(=O)CC2CC2)c1F. The second kappa shape index (κ2) is 5.12. The lowest BCUT2D eigenvalue weighted by Gasteiger charge is -2.14. The average molecular weight is 303 g/mol. The molecular formula is C13H15F2NO3S. The van der Waals surface area contributed by atoms with Crippen LogP contribution < -0.4 is 0 Å². The summed E-state index contributed by atoms with van der Waals surface area (Å²) in [5.74, 6) is -3.39. The van der Waals surface area contributed by atoms with Crippen molar-refractivity contribution in [2.24, 2.45) is 5.92 Å². The van der Waals surface area contributed by atoms with Gasteiger partial charge in [-0.05, 0) is 30.9 Å². The molecule has 0 unspecified atom stereocenters. The molecule has 0 N–H and O–H groups in total. The second-order valence-corrected chi connectivity index (χ2v) is 7.16. The molecule has 1 aromatic rings. The summed E-state index contributed by atoms with van der Waals surface area (Å²) in [7, 11) is -1.16. The molecule has 110 valence electrons. The van der Waals surface area contributed by atoms with E-state index in [0.29, 0.717) is 0 Å². The van der Waals surface area contributed by atoms with E-state index in [0.717, 1.165) is 29.9 Å². The lowest BCUT2D eigenvalue weighted by molar-refractivity contribution is 0.0817. The van der Waals surface area contributed by atoms with Crippen LogP contribution in [0.1, 0.15) is 23.2 Å². The Morgan fingerprint density at radius 3 is 2.40 bits per heavy atom. The number of benzene rings is 1. The summed E-state index contributed by atoms with van der Waals surface area (Å²) in [5, 5.41) is 0. The van der Waals surface area contributed by atoms with Gasteiger partial charge >= 0.3 is 0 Å². The largest absolute Gasteiger partial charge is 0.345 e. The summed E-state index contributed by atoms with van der Waals surface area (Å²) in [6, 6.07) is 1.70. The number of rotatable bonds is 4. The van der Waals surface area contributed by atoms with Gasteiger partial charge in [0.05, 0.1) is 5.75 Å². The van der Waals surface area contributed by atoms with Gasteiger partial charge in [-0.15, -0.1) is 0 Å². The van der Waals surface area contributed by atoms with Gasteiger partial charge in [0.1, 0.15) is 16.3 Å². The van der Waals surface area contributed by atoms with Crippen molar-refractivity contribution >= 4 is 15.7 Å². The Hall–Kier alpha value is -1.50. The van der Waals surface area contributed by atoms with Gasteiger partial charge in [0, 0.05) is 14.1 Å². The van der Waals surface area contributed by atoms with Crippen LogP contribution in [0.5, 0.6) is 0 Å². The molecule has 1 amide bonds. The summed E-state index contributed by atoms with van der Waals surface area (Å²) in [5.41, 5.74) is -0.827. The van der Waals surface area contributed by atoms with Crippen molar-refractivity contribution in [1.29, 1.82) is 0 Å². The molecule has 1 aliphatic rings. The van der Waals surface area contributed by atoms with E-state index in [1.807, 2.05) is 0 Å². The van der Waals surface area contributed by atoms with Crippen molar-refractivity contribution in [3.05, 3.63) is 29.3 Å². The van der Waals surface area contributed by atoms with E-state index in [2.05, 4.69) is 0 Å². The summed E-state index contributed by atoms with van der Waals surface area (Å²) >= 11 is 0. The Bertz CT molecular complexity index is 652. The molecule has 0 aromatic heterocycles. The third-order valence-electron chi connectivity index (χ3n) is 3.16. The molecular weight excluding hydrogens is 288 g/mol. The minimum Gasteiger partial charge on any atom is -0.345 e. The van der Waals surface area contributed by atoms with Crippen LogP contribution in [0.25, 0.3) is 0 Å². The predicted molar refractivity (Wildman–Crippen MR) is 69.2 cm³/mol. The number of amides is 1. The molecule has 7 heteroatoms. The van der Waals surface area contributed by atoms with Gasteiger partial charge in [-0.1, -0.05) is 0 Å². The van der Waals surface area contributed by atoms with Crippen LogP contribution in [0, 0.1) is 17.6 Å². The molecule has 20 heavy (non-hydrogen) atoms. The van der Waals surface area contributed by atoms with Gasteiger partial charge in [-0.25, -0.2) is 17.2 Å². The second-order valence-electron chi connectivity index (χ2n) is 5.16. The Morgan fingerprint density at radius 1 is 1.30 bits per heavy atom. The van der Waals surface area contributed by atoms with Crippen molar-refractivity contribution in [3.63, 3.8) is 0 Å². The molecule has 2 rings (SSSR count). The molecule has 1 fully saturated rings. The van der Waals surface area contributed by atoms with E-state index in [-0.39, 0.29) is 11.7 Å². The van der Waals surface area contributed by atoms with Crippen LogP contribution in [0.4, 0.5) is 8.78 Å². The van der Waals surface area contributed by atoms with Crippen LogP contribution in [0.15, 0.2) is 17.0 Å². The third-order valence-corrected chi connectivity index (χ3v) is 5.06. The maximum Gasteiger partial charge on any atom is 0.259 e. The van der Waals surface area contributed by atoms with Crippen LogP contribution >= 0.6 is 0 Å². The third kappa shape index (κ3) is 2.82. The van der Waals surface area contributed by atoms with E-state index in [4.69, 9.17) is 0 Å². The van der Waals surface area contributed by atoms with Crippen molar-refractivity contribution in [2.75, 3.05) is 19.8 Å². The zero-order chi connectivity index (χ0) is 15.1. The maximum atomic E-state index is 14.2. The number of carbonyl (C=O) groups is 1. The van der Waals surface area contributed by atoms with Gasteiger partial charge < -0.3 is 4.90 Å². The molecule has 0 aliphatic heterocycles. The number of carbonyl (C=O) groups excluding carboxylic acids is 1. The van der Waals surface area contributed by atoms with Crippen LogP contribution in [-0.2, 0) is 9.84 Å². The van der Waals surface area contributed by atoms with Gasteiger partial charge in [-0.2, -0.15) is 0 Å². The standard InChI is InChI=1S/C13H15F2NO3S/c1-16(2)13(17)11-9(14)5-6-10(12(11)15)20(18,19)7-8-3-4-8/h5-6,8H,3-4,7H2,1-2H3. The molecule has 0 spiro atoms. The Balaban J connectivity index is 2.50. The molecule has 4 nitrogen and oxygen atoms in total. The topological polar surface area (TPSA) is 54.5 Å². The van der Waals surface area contributed by atoms with Crippen LogP contribution in [-0.4, -0.2) is 39.1 Å². The average Bonchev–Trinajstić information content (AvgIpc) is 3.11. The quantitative estimate of drug-likeness (QED) is 0.798. The smallest absolute Gasteiger partial charge is 0.259 e. The van der Waals surface area contributed by atoms with Gasteiger partial charge in [-0.3, -0.25) is 4.79 Å². The van der Waals surface area contributed by atoms with E-state index in [9.17, 15) is 22.0 Å². The number of hydrogen-bond acceptors (Lipinski definition) is 3. The monoisotopic (exact) mass is 303 g/mol. The lowest BCUT2D eigenvalue weighted by Crippen LogP contribution is -2.25. The number of hydrogen-bond donors (Lipinski definition) is 0. The fraction of sp³-hybridized carbons (Fsp3) is 0.462. The van der Waals surface area contributed by atoms with Gasteiger partial charge in [0.25, 0.3) is 5.91 Å². The highest BCUT2D eigenvalue weighted by molar-refractivity contribution is 7.91. The van der Waals surface area contributed by atoms with Crippen molar-refractivity contribution in [1.82, 2.24) is 4.90 Å². The number of sulfone groups is 1. The number of nitrogens with zero attached hydrogens (tertiary/aromatic N) is 1. The summed E-state index contributed by atoms with van der Waals surface area (Å²) in [6.45, 7) is 0. The van der Waals surface area contributed by atoms with Gasteiger partial charge in [0.15, 0.2) is 15.7 Å². The molecule has 0 saturated heterocycles. The molecule has 0 atom stereocenters. The molecule has 0 heterocycles. The van der Waals surface area contributed by atoms with E-state index < -0.39 is 37.8 Å². The van der Waals surface area contributed by atoms with Crippen molar-refractivity contribution in [2.45, 2.75) is 17.7 Å². The highest BCUT2D eigenvalue weighted by Gasteiger charge is 2.33. The minimum atomic E-state index is -3.84. The fourth-order valence-electron chi connectivity index (χ4n) is 1.88. The minimum absolute atomic E-state index is 0.0393. The first kappa shape index (κ1) is 14.9. The van der Waals surface area contributed by atoms with Crippen molar-refractivity contribution in [3.8, 4) is 0 Å². The zero-order valence-corrected chi connectivity index (χ0v) is 12.0. The Labute approximate surface area is 116 Å². The Kier molecular flexibility index (Phi) is 3.82. The fourth-order valence-corrected chi connectivity index (χ4v) is 3.66. The predicted octanol–water partition coefficient (Wildman–Crippen LogP) is 1.85. The Morgan fingerprint density at radius 2 is 1.90 bits per heavy atom. The van der Waals surface area contributed by atoms with Gasteiger partial charge in [0.2, 0.25) is 0 Å². The molecule has 0 radical (unpaired) electrons. The van der Waals surface area contributed by atoms with Crippen LogP contribution in [0.3, 0.4) is 0 Å². The van der Waals surface area contributed by atoms with E-state index >= 15 is 0 Å².